The van der Waals surface area contributed by atoms with Gasteiger partial charge in [0.25, 0.3) is 0 Å². The molecule has 0 radical (unpaired) electrons. The molecule has 1 amide bonds. The first-order chi connectivity index (χ1) is 9.31. The molecule has 0 aliphatic heterocycles. The molecule has 0 unspecified atom stereocenters. The van der Waals surface area contributed by atoms with E-state index in [2.05, 4.69) is 10.3 Å². The highest BCUT2D eigenvalue weighted by Gasteiger charge is 2.20. The normalized spacial score (nSPS) is 11.4. The maximum Gasteiger partial charge on any atom is 0.410 e. The number of hydrogen-bond donors (Lipinski definition) is 1. The third-order valence-corrected chi connectivity index (χ3v) is 3.51. The van der Waals surface area contributed by atoms with Crippen molar-refractivity contribution in [2.75, 3.05) is 19.6 Å². The van der Waals surface area contributed by atoms with Crippen LogP contribution in [0.1, 0.15) is 32.7 Å². The van der Waals surface area contributed by atoms with E-state index >= 15 is 0 Å². The second-order valence-electron chi connectivity index (χ2n) is 5.29. The number of carbonyl (C=O) groups excluding carboxylic acids is 1. The Balaban J connectivity index is 2.29. The van der Waals surface area contributed by atoms with Gasteiger partial charge in [-0.2, -0.15) is 0 Å². The van der Waals surface area contributed by atoms with Crippen molar-refractivity contribution in [1.82, 2.24) is 15.2 Å². The van der Waals surface area contributed by atoms with Crippen LogP contribution < -0.4 is 5.32 Å². The minimum absolute atomic E-state index is 0.279. The first-order valence-electron chi connectivity index (χ1n) is 6.60. The molecule has 1 heterocycles. The van der Waals surface area contributed by atoms with Crippen LogP contribution in [0.5, 0.6) is 0 Å². The Morgan fingerprint density at radius 3 is 2.75 bits per heavy atom. The van der Waals surface area contributed by atoms with Crippen molar-refractivity contribution >= 4 is 29.0 Å². The molecule has 0 saturated heterocycles. The van der Waals surface area contributed by atoms with E-state index in [9.17, 15) is 4.79 Å². The van der Waals surface area contributed by atoms with Crippen LogP contribution in [-0.4, -0.2) is 41.2 Å². The number of carbonyl (C=O) groups is 1. The van der Waals surface area contributed by atoms with Crippen LogP contribution in [0.2, 0.25) is 4.34 Å². The van der Waals surface area contributed by atoms with Crippen LogP contribution in [0.25, 0.3) is 0 Å². The van der Waals surface area contributed by atoms with E-state index in [0.717, 1.165) is 5.01 Å². The fraction of sp³-hybridized carbons (Fsp3) is 0.692. The minimum atomic E-state index is -0.463. The molecule has 0 aliphatic carbocycles. The summed E-state index contributed by atoms with van der Waals surface area (Å²) in [6.07, 6.45) is 1.36. The maximum atomic E-state index is 11.9. The molecule has 0 spiro atoms. The number of ether oxygens (including phenoxy) is 1. The fourth-order valence-electron chi connectivity index (χ4n) is 1.48. The Morgan fingerprint density at radius 1 is 1.55 bits per heavy atom. The highest BCUT2D eigenvalue weighted by Crippen LogP contribution is 2.17. The van der Waals surface area contributed by atoms with Gasteiger partial charge in [0, 0.05) is 26.2 Å². The molecule has 0 bridgehead atoms. The zero-order chi connectivity index (χ0) is 15.2. The second kappa shape index (κ2) is 7.81. The SMILES string of the molecule is CCN(CCNCc1ncc(Cl)s1)C(=O)OC(C)(C)C. The summed E-state index contributed by atoms with van der Waals surface area (Å²) in [6.45, 7) is 10.1. The van der Waals surface area contributed by atoms with Gasteiger partial charge in [0.2, 0.25) is 0 Å². The molecule has 7 heteroatoms. The van der Waals surface area contributed by atoms with Crippen molar-refractivity contribution < 1.29 is 9.53 Å². The zero-order valence-corrected chi connectivity index (χ0v) is 14.0. The molecular weight excluding hydrogens is 298 g/mol. The molecule has 1 N–H and O–H groups in total. The number of halogens is 1. The van der Waals surface area contributed by atoms with Gasteiger partial charge in [-0.15, -0.1) is 11.3 Å². The Bertz CT molecular complexity index is 431. The lowest BCUT2D eigenvalue weighted by molar-refractivity contribution is 0.0262. The zero-order valence-electron chi connectivity index (χ0n) is 12.4. The number of likely N-dealkylation sites (N-methyl/N-ethyl adjacent to an activating group) is 1. The average molecular weight is 320 g/mol. The van der Waals surface area contributed by atoms with Crippen molar-refractivity contribution in [2.24, 2.45) is 0 Å². The molecule has 0 aromatic carbocycles. The summed E-state index contributed by atoms with van der Waals surface area (Å²) in [5, 5.41) is 4.18. The Hall–Kier alpha value is -0.850. The Labute approximate surface area is 129 Å². The fourth-order valence-corrected chi connectivity index (χ4v) is 2.41. The van der Waals surface area contributed by atoms with E-state index in [1.54, 1.807) is 11.1 Å². The van der Waals surface area contributed by atoms with Crippen molar-refractivity contribution in [3.63, 3.8) is 0 Å². The van der Waals surface area contributed by atoms with Crippen LogP contribution in [0.4, 0.5) is 4.79 Å². The van der Waals surface area contributed by atoms with Crippen LogP contribution in [0, 0.1) is 0 Å². The van der Waals surface area contributed by atoms with E-state index < -0.39 is 5.60 Å². The molecule has 0 aliphatic rings. The largest absolute Gasteiger partial charge is 0.444 e. The van der Waals surface area contributed by atoms with Gasteiger partial charge in [0.05, 0.1) is 6.20 Å². The summed E-state index contributed by atoms with van der Waals surface area (Å²) in [4.78, 5) is 17.7. The van der Waals surface area contributed by atoms with Gasteiger partial charge in [-0.25, -0.2) is 9.78 Å². The molecule has 0 fully saturated rings. The molecule has 1 rings (SSSR count). The van der Waals surface area contributed by atoms with Crippen molar-refractivity contribution in [1.29, 1.82) is 0 Å². The van der Waals surface area contributed by atoms with Crippen LogP contribution in [0.15, 0.2) is 6.20 Å². The summed E-state index contributed by atoms with van der Waals surface area (Å²) in [6, 6.07) is 0. The molecule has 0 saturated carbocycles. The van der Waals surface area contributed by atoms with Crippen molar-refractivity contribution in [2.45, 2.75) is 39.8 Å². The van der Waals surface area contributed by atoms with E-state index in [1.807, 2.05) is 27.7 Å². The first kappa shape index (κ1) is 17.2. The lowest BCUT2D eigenvalue weighted by atomic mass is 10.2. The average Bonchev–Trinajstić information content (AvgIpc) is 2.72. The molecule has 5 nitrogen and oxygen atoms in total. The molecule has 1 aromatic heterocycles. The van der Waals surface area contributed by atoms with Gasteiger partial charge in [-0.05, 0) is 27.7 Å². The van der Waals surface area contributed by atoms with Gasteiger partial charge >= 0.3 is 6.09 Å². The molecule has 1 aromatic rings. The van der Waals surface area contributed by atoms with Gasteiger partial charge in [0.1, 0.15) is 14.9 Å². The summed E-state index contributed by atoms with van der Waals surface area (Å²) >= 11 is 7.26. The lowest BCUT2D eigenvalue weighted by Gasteiger charge is -2.26. The van der Waals surface area contributed by atoms with Crippen LogP contribution >= 0.6 is 22.9 Å². The third kappa shape index (κ3) is 6.54. The minimum Gasteiger partial charge on any atom is -0.444 e. The third-order valence-electron chi connectivity index (χ3n) is 2.39. The van der Waals surface area contributed by atoms with E-state index in [1.165, 1.54) is 11.3 Å². The lowest BCUT2D eigenvalue weighted by Crippen LogP contribution is -2.40. The van der Waals surface area contributed by atoms with Crippen LogP contribution in [0.3, 0.4) is 0 Å². The van der Waals surface area contributed by atoms with Crippen LogP contribution in [-0.2, 0) is 11.3 Å². The predicted octanol–water partition coefficient (Wildman–Crippen LogP) is 3.14. The van der Waals surface area contributed by atoms with E-state index in [-0.39, 0.29) is 6.09 Å². The first-order valence-corrected chi connectivity index (χ1v) is 7.80. The molecule has 114 valence electrons. The van der Waals surface area contributed by atoms with E-state index in [0.29, 0.717) is 30.5 Å². The number of thiazole rings is 1. The molecular formula is C13H22ClN3O2S. The van der Waals surface area contributed by atoms with Gasteiger partial charge in [-0.1, -0.05) is 11.6 Å². The number of nitrogens with zero attached hydrogens (tertiary/aromatic N) is 2. The maximum absolute atomic E-state index is 11.9. The summed E-state index contributed by atoms with van der Waals surface area (Å²) in [5.74, 6) is 0. The summed E-state index contributed by atoms with van der Waals surface area (Å²) in [5.41, 5.74) is -0.463. The number of nitrogens with one attached hydrogen (secondary N) is 1. The van der Waals surface area contributed by atoms with Gasteiger partial charge in [-0.3, -0.25) is 0 Å². The summed E-state index contributed by atoms with van der Waals surface area (Å²) < 4.78 is 6.03. The van der Waals surface area contributed by atoms with Gasteiger partial charge in [0.15, 0.2) is 0 Å². The second-order valence-corrected chi connectivity index (χ2v) is 7.04. The molecule has 0 atom stereocenters. The topological polar surface area (TPSA) is 54.5 Å². The quantitative estimate of drug-likeness (QED) is 0.818. The molecule has 20 heavy (non-hydrogen) atoms. The number of rotatable bonds is 6. The standard InChI is InChI=1S/C13H22ClN3O2S/c1-5-17(12(18)19-13(2,3)4)7-6-15-9-11-16-8-10(14)20-11/h8,15H,5-7,9H2,1-4H3. The predicted molar refractivity (Wildman–Crippen MR) is 82.3 cm³/mol. The van der Waals surface area contributed by atoms with Crippen molar-refractivity contribution in [3.8, 4) is 0 Å². The van der Waals surface area contributed by atoms with E-state index in [4.69, 9.17) is 16.3 Å². The Morgan fingerprint density at radius 2 is 2.25 bits per heavy atom. The monoisotopic (exact) mass is 319 g/mol. The van der Waals surface area contributed by atoms with Crippen molar-refractivity contribution in [3.05, 3.63) is 15.5 Å². The smallest absolute Gasteiger partial charge is 0.410 e. The highest BCUT2D eigenvalue weighted by molar-refractivity contribution is 7.15. The Kier molecular flexibility index (Phi) is 6.71. The number of hydrogen-bond acceptors (Lipinski definition) is 5. The number of aromatic nitrogens is 1. The highest BCUT2D eigenvalue weighted by atomic mass is 35.5. The van der Waals surface area contributed by atoms with Gasteiger partial charge < -0.3 is 15.0 Å². The summed E-state index contributed by atoms with van der Waals surface area (Å²) in [7, 11) is 0. The number of amides is 1.